The first-order valence-electron chi connectivity index (χ1n) is 11.6. The molecule has 1 unspecified atom stereocenters. The van der Waals surface area contributed by atoms with Crippen molar-refractivity contribution in [3.8, 4) is 0 Å². The molecule has 0 N–H and O–H groups in total. The molecule has 0 fully saturated rings. The summed E-state index contributed by atoms with van der Waals surface area (Å²) in [4.78, 5) is 25.9. The third-order valence-corrected chi connectivity index (χ3v) is 5.46. The van der Waals surface area contributed by atoms with Gasteiger partial charge in [-0.2, -0.15) is 0 Å². The van der Waals surface area contributed by atoms with Crippen LogP contribution in [0.25, 0.3) is 0 Å². The smallest absolute Gasteiger partial charge is 0.338 e. The largest absolute Gasteiger partial charge is 0.464 e. The summed E-state index contributed by atoms with van der Waals surface area (Å²) in [6.07, 6.45) is 10.6. The molecule has 0 saturated heterocycles. The maximum Gasteiger partial charge on any atom is 0.338 e. The fourth-order valence-electron chi connectivity index (χ4n) is 3.06. The van der Waals surface area contributed by atoms with Gasteiger partial charge < -0.3 is 14.4 Å². The molecule has 30 heavy (non-hydrogen) atoms. The molecule has 0 radical (unpaired) electrons. The van der Waals surface area contributed by atoms with E-state index in [9.17, 15) is 9.59 Å². The van der Waals surface area contributed by atoms with Gasteiger partial charge in [-0.1, -0.05) is 65.7 Å². The lowest BCUT2D eigenvalue weighted by atomic mass is 10.1. The molecular weight excluding hydrogens is 378 g/mol. The minimum Gasteiger partial charge on any atom is -0.464 e. The van der Waals surface area contributed by atoms with E-state index in [2.05, 4.69) is 6.92 Å². The summed E-state index contributed by atoms with van der Waals surface area (Å²) < 4.78 is 10.7. The van der Waals surface area contributed by atoms with Crippen molar-refractivity contribution in [2.75, 3.05) is 31.7 Å². The van der Waals surface area contributed by atoms with Crippen LogP contribution in [0.4, 0.5) is 5.69 Å². The normalized spacial score (nSPS) is 11.7. The predicted octanol–water partition coefficient (Wildman–Crippen LogP) is 6.01. The Morgan fingerprint density at radius 3 is 2.07 bits per heavy atom. The second-order valence-corrected chi connectivity index (χ2v) is 8.06. The van der Waals surface area contributed by atoms with Crippen LogP contribution in [0.3, 0.4) is 0 Å². The van der Waals surface area contributed by atoms with Crippen molar-refractivity contribution in [2.24, 2.45) is 5.92 Å². The summed E-state index contributed by atoms with van der Waals surface area (Å²) >= 11 is 0. The zero-order chi connectivity index (χ0) is 22.2. The zero-order valence-corrected chi connectivity index (χ0v) is 19.5. The monoisotopic (exact) mass is 419 g/mol. The van der Waals surface area contributed by atoms with E-state index in [1.54, 1.807) is 12.1 Å². The van der Waals surface area contributed by atoms with E-state index in [-0.39, 0.29) is 17.9 Å². The number of nitrogens with zero attached hydrogens (tertiary/aromatic N) is 1. The first kappa shape index (κ1) is 26.0. The second kappa shape index (κ2) is 15.8. The average Bonchev–Trinajstić information content (AvgIpc) is 2.77. The van der Waals surface area contributed by atoms with Gasteiger partial charge in [0.2, 0.25) is 0 Å². The summed E-state index contributed by atoms with van der Waals surface area (Å²) in [5.74, 6) is -0.485. The van der Waals surface area contributed by atoms with Gasteiger partial charge in [0, 0.05) is 12.7 Å². The van der Waals surface area contributed by atoms with Crippen LogP contribution in [-0.4, -0.2) is 38.7 Å². The Bertz CT molecular complexity index is 600. The van der Waals surface area contributed by atoms with E-state index in [0.29, 0.717) is 25.3 Å². The Labute approximate surface area is 183 Å². The number of benzene rings is 1. The summed E-state index contributed by atoms with van der Waals surface area (Å²) in [5.41, 5.74) is 1.53. The molecule has 0 aliphatic carbocycles. The van der Waals surface area contributed by atoms with Crippen molar-refractivity contribution in [1.29, 1.82) is 0 Å². The van der Waals surface area contributed by atoms with Crippen molar-refractivity contribution in [2.45, 2.75) is 78.6 Å². The third-order valence-electron chi connectivity index (χ3n) is 5.46. The highest BCUT2D eigenvalue weighted by molar-refractivity contribution is 5.89. The summed E-state index contributed by atoms with van der Waals surface area (Å²) in [6.45, 7) is 7.51. The molecule has 5 nitrogen and oxygen atoms in total. The van der Waals surface area contributed by atoms with E-state index < -0.39 is 0 Å². The molecule has 0 aliphatic rings. The third kappa shape index (κ3) is 10.7. The van der Waals surface area contributed by atoms with Crippen molar-refractivity contribution < 1.29 is 19.1 Å². The predicted molar refractivity (Wildman–Crippen MR) is 123 cm³/mol. The number of esters is 2. The molecule has 0 heterocycles. The fourth-order valence-corrected chi connectivity index (χ4v) is 3.06. The number of anilines is 1. The molecule has 0 aromatic heterocycles. The highest BCUT2D eigenvalue weighted by Crippen LogP contribution is 2.15. The van der Waals surface area contributed by atoms with Gasteiger partial charge in [0.05, 0.1) is 24.6 Å². The Kier molecular flexibility index (Phi) is 13.7. The molecular formula is C25H41NO4. The van der Waals surface area contributed by atoms with Crippen molar-refractivity contribution in [1.82, 2.24) is 0 Å². The molecule has 1 rings (SSSR count). The van der Waals surface area contributed by atoms with Gasteiger partial charge in [-0.15, -0.1) is 0 Å². The van der Waals surface area contributed by atoms with Gasteiger partial charge >= 0.3 is 11.9 Å². The van der Waals surface area contributed by atoms with Gasteiger partial charge in [-0.3, -0.25) is 4.79 Å². The molecule has 1 aromatic carbocycles. The Hall–Kier alpha value is -2.04. The Morgan fingerprint density at radius 2 is 1.47 bits per heavy atom. The van der Waals surface area contributed by atoms with Gasteiger partial charge in [-0.25, -0.2) is 4.79 Å². The van der Waals surface area contributed by atoms with Crippen LogP contribution in [0, 0.1) is 5.92 Å². The molecule has 0 spiro atoms. The van der Waals surface area contributed by atoms with Gasteiger partial charge in [0.1, 0.15) is 6.61 Å². The summed E-state index contributed by atoms with van der Waals surface area (Å²) in [7, 11) is 1.94. The minimum absolute atomic E-state index is 0.0635. The van der Waals surface area contributed by atoms with Crippen molar-refractivity contribution >= 4 is 17.6 Å². The first-order valence-corrected chi connectivity index (χ1v) is 11.6. The number of ether oxygens (including phenoxy) is 2. The second-order valence-electron chi connectivity index (χ2n) is 8.06. The van der Waals surface area contributed by atoms with Gasteiger partial charge in [0.25, 0.3) is 0 Å². The van der Waals surface area contributed by atoms with Crippen LogP contribution in [0.5, 0.6) is 0 Å². The number of hydrogen-bond donors (Lipinski definition) is 0. The molecule has 0 aliphatic heterocycles. The molecule has 170 valence electrons. The lowest BCUT2D eigenvalue weighted by Crippen LogP contribution is -2.25. The quantitative estimate of drug-likeness (QED) is 0.243. The van der Waals surface area contributed by atoms with Gasteiger partial charge in [-0.05, 0) is 37.1 Å². The number of carbonyl (C=O) groups is 2. The maximum atomic E-state index is 12.2. The summed E-state index contributed by atoms with van der Waals surface area (Å²) in [6, 6.07) is 7.35. The molecule has 5 heteroatoms. The van der Waals surface area contributed by atoms with E-state index in [1.807, 2.05) is 37.9 Å². The van der Waals surface area contributed by atoms with Crippen LogP contribution in [0.1, 0.15) is 88.9 Å². The maximum absolute atomic E-state index is 12.2. The standard InChI is InChI=1S/C25H41NO4/c1-5-7-8-9-10-11-12-13-19-29-25(28)22-14-16-23(17-15-22)26(4)18-20-30-24(27)21(3)6-2/h14-17,21H,5-13,18-20H2,1-4H3. The molecule has 1 atom stereocenters. The SMILES string of the molecule is CCCCCCCCCCOC(=O)c1ccc(N(C)CCOC(=O)C(C)CC)cc1. The lowest BCUT2D eigenvalue weighted by Gasteiger charge is -2.20. The van der Waals surface area contributed by atoms with E-state index in [0.717, 1.165) is 24.9 Å². The van der Waals surface area contributed by atoms with Crippen LogP contribution in [0.15, 0.2) is 24.3 Å². The van der Waals surface area contributed by atoms with E-state index in [4.69, 9.17) is 9.47 Å². The average molecular weight is 420 g/mol. The number of hydrogen-bond acceptors (Lipinski definition) is 5. The lowest BCUT2D eigenvalue weighted by molar-refractivity contribution is -0.147. The highest BCUT2D eigenvalue weighted by Gasteiger charge is 2.12. The first-order chi connectivity index (χ1) is 14.5. The number of rotatable bonds is 16. The van der Waals surface area contributed by atoms with Crippen LogP contribution >= 0.6 is 0 Å². The number of likely N-dealkylation sites (N-methyl/N-ethyl adjacent to an activating group) is 1. The fraction of sp³-hybridized carbons (Fsp3) is 0.680. The van der Waals surface area contributed by atoms with Crippen molar-refractivity contribution in [3.63, 3.8) is 0 Å². The topological polar surface area (TPSA) is 55.8 Å². The number of carbonyl (C=O) groups excluding carboxylic acids is 2. The Morgan fingerprint density at radius 1 is 0.867 bits per heavy atom. The van der Waals surface area contributed by atoms with E-state index in [1.165, 1.54) is 38.5 Å². The molecule has 0 bridgehead atoms. The Balaban J connectivity index is 2.24. The summed E-state index contributed by atoms with van der Waals surface area (Å²) in [5, 5.41) is 0. The molecule has 0 amide bonds. The number of unbranched alkanes of at least 4 members (excludes halogenated alkanes) is 7. The van der Waals surface area contributed by atoms with Crippen LogP contribution in [-0.2, 0) is 14.3 Å². The van der Waals surface area contributed by atoms with Crippen molar-refractivity contribution in [3.05, 3.63) is 29.8 Å². The highest BCUT2D eigenvalue weighted by atomic mass is 16.5. The van der Waals surface area contributed by atoms with Crippen LogP contribution < -0.4 is 4.90 Å². The molecule has 1 aromatic rings. The minimum atomic E-state index is -0.269. The zero-order valence-electron chi connectivity index (χ0n) is 19.5. The van der Waals surface area contributed by atoms with Crippen LogP contribution in [0.2, 0.25) is 0 Å². The molecule has 0 saturated carbocycles. The van der Waals surface area contributed by atoms with Gasteiger partial charge in [0.15, 0.2) is 0 Å². The van der Waals surface area contributed by atoms with E-state index >= 15 is 0 Å².